The van der Waals surface area contributed by atoms with Crippen LogP contribution in [-0.2, 0) is 36.8 Å². The number of benzene rings is 2. The Morgan fingerprint density at radius 2 is 1.57 bits per heavy atom. The molecule has 0 radical (unpaired) electrons. The monoisotopic (exact) mass is 647 g/mol. The van der Waals surface area contributed by atoms with Crippen molar-refractivity contribution in [1.29, 1.82) is 5.41 Å². The van der Waals surface area contributed by atoms with Gasteiger partial charge in [-0.3, -0.25) is 29.4 Å². The maximum Gasteiger partial charge on any atom is 0.305 e. The molecule has 2 saturated heterocycles. The SMILES string of the molecule is N=C(N)NCCCC(NC(=O)[C@@H]1CCC2CCC(NC(=O)Cc3ccccc3)C(=O)N21)C(=O)N[C@H](CCc1ccccc1)CC(=O)O. The van der Waals surface area contributed by atoms with Gasteiger partial charge in [-0.2, -0.15) is 0 Å². The number of amides is 4. The smallest absolute Gasteiger partial charge is 0.305 e. The Hall–Kier alpha value is -4.94. The first-order valence-corrected chi connectivity index (χ1v) is 16.2. The molecule has 252 valence electrons. The van der Waals surface area contributed by atoms with Gasteiger partial charge in [-0.25, -0.2) is 0 Å². The summed E-state index contributed by atoms with van der Waals surface area (Å²) in [6, 6.07) is 15.4. The Bertz CT molecular complexity index is 1410. The van der Waals surface area contributed by atoms with Crippen molar-refractivity contribution < 1.29 is 29.1 Å². The lowest BCUT2D eigenvalue weighted by atomic mass is 9.97. The molecular weight excluding hydrogens is 602 g/mol. The van der Waals surface area contributed by atoms with Gasteiger partial charge in [-0.1, -0.05) is 60.7 Å². The number of hydrogen-bond donors (Lipinski definition) is 7. The standard InChI is InChI=1S/C34H45N7O6/c35-34(36)37-19-7-12-26(31(45)38-24(21-30(43)44)14-13-22-8-3-1-4-9-22)40-32(46)28-18-16-25-15-17-27(33(47)41(25)28)39-29(42)20-23-10-5-2-6-11-23/h1-6,8-11,24-28H,7,12-21H2,(H,38,45)(H,39,42)(H,40,46)(H,43,44)(H4,35,36,37)/t24-,25?,26?,27?,28+/m1/s1. The van der Waals surface area contributed by atoms with Crippen LogP contribution in [0, 0.1) is 5.41 Å². The third-order valence-corrected chi connectivity index (χ3v) is 8.70. The quantitative estimate of drug-likeness (QED) is 0.0799. The van der Waals surface area contributed by atoms with Crippen molar-refractivity contribution in [2.75, 3.05) is 6.54 Å². The minimum atomic E-state index is -1.05. The summed E-state index contributed by atoms with van der Waals surface area (Å²) >= 11 is 0. The summed E-state index contributed by atoms with van der Waals surface area (Å²) in [7, 11) is 0. The van der Waals surface area contributed by atoms with Crippen LogP contribution in [0.2, 0.25) is 0 Å². The van der Waals surface area contributed by atoms with Gasteiger partial charge in [0.25, 0.3) is 0 Å². The van der Waals surface area contributed by atoms with E-state index >= 15 is 0 Å². The lowest BCUT2D eigenvalue weighted by molar-refractivity contribution is -0.146. The second-order valence-corrected chi connectivity index (χ2v) is 12.2. The number of hydrogen-bond acceptors (Lipinski definition) is 6. The van der Waals surface area contributed by atoms with Crippen molar-refractivity contribution >= 4 is 35.6 Å². The van der Waals surface area contributed by atoms with E-state index in [1.54, 1.807) is 4.90 Å². The summed E-state index contributed by atoms with van der Waals surface area (Å²) in [6.07, 6.45) is 3.56. The lowest BCUT2D eigenvalue weighted by Gasteiger charge is -2.38. The molecular formula is C34H45N7O6. The van der Waals surface area contributed by atoms with Gasteiger partial charge in [-0.05, 0) is 62.5 Å². The predicted octanol–water partition coefficient (Wildman–Crippen LogP) is 1.21. The van der Waals surface area contributed by atoms with E-state index < -0.39 is 42.0 Å². The number of carbonyl (C=O) groups is 5. The summed E-state index contributed by atoms with van der Waals surface area (Å²) in [4.78, 5) is 66.8. The number of carboxylic acid groups (broad SMARTS) is 1. The fourth-order valence-electron chi connectivity index (χ4n) is 6.37. The number of aryl methyl sites for hydroxylation is 1. The second-order valence-electron chi connectivity index (χ2n) is 12.2. The molecule has 8 N–H and O–H groups in total. The number of carboxylic acids is 1. The van der Waals surface area contributed by atoms with Gasteiger partial charge >= 0.3 is 5.97 Å². The van der Waals surface area contributed by atoms with Gasteiger partial charge in [-0.15, -0.1) is 0 Å². The highest BCUT2D eigenvalue weighted by Gasteiger charge is 2.46. The number of carbonyl (C=O) groups excluding carboxylic acids is 4. The van der Waals surface area contributed by atoms with Crippen molar-refractivity contribution in [3.05, 3.63) is 71.8 Å². The van der Waals surface area contributed by atoms with E-state index in [0.717, 1.165) is 11.1 Å². The topological polar surface area (TPSA) is 207 Å². The van der Waals surface area contributed by atoms with E-state index in [9.17, 15) is 29.1 Å². The van der Waals surface area contributed by atoms with Crippen LogP contribution in [0.4, 0.5) is 0 Å². The Kier molecular flexibility index (Phi) is 12.7. The number of piperidine rings is 1. The largest absolute Gasteiger partial charge is 0.481 e. The van der Waals surface area contributed by atoms with Crippen LogP contribution in [0.5, 0.6) is 0 Å². The van der Waals surface area contributed by atoms with E-state index in [1.165, 1.54) is 0 Å². The zero-order valence-electron chi connectivity index (χ0n) is 26.5. The molecule has 47 heavy (non-hydrogen) atoms. The zero-order valence-corrected chi connectivity index (χ0v) is 26.5. The molecule has 4 amide bonds. The van der Waals surface area contributed by atoms with Crippen LogP contribution in [0.1, 0.15) is 62.5 Å². The first-order chi connectivity index (χ1) is 22.6. The summed E-state index contributed by atoms with van der Waals surface area (Å²) < 4.78 is 0. The molecule has 0 bridgehead atoms. The molecule has 13 nitrogen and oxygen atoms in total. The predicted molar refractivity (Wildman–Crippen MR) is 175 cm³/mol. The molecule has 2 aliphatic heterocycles. The molecule has 2 aromatic rings. The van der Waals surface area contributed by atoms with Crippen molar-refractivity contribution in [3.8, 4) is 0 Å². The van der Waals surface area contributed by atoms with E-state index in [1.807, 2.05) is 60.7 Å². The van der Waals surface area contributed by atoms with Gasteiger partial charge in [0.1, 0.15) is 18.1 Å². The molecule has 2 aromatic carbocycles. The van der Waals surface area contributed by atoms with Crippen molar-refractivity contribution in [2.24, 2.45) is 5.73 Å². The Morgan fingerprint density at radius 3 is 2.23 bits per heavy atom. The highest BCUT2D eigenvalue weighted by Crippen LogP contribution is 2.33. The number of nitrogens with zero attached hydrogens (tertiary/aromatic N) is 1. The second kappa shape index (κ2) is 17.1. The average Bonchev–Trinajstić information content (AvgIpc) is 3.48. The minimum absolute atomic E-state index is 0.134. The average molecular weight is 648 g/mol. The molecule has 2 heterocycles. The third-order valence-electron chi connectivity index (χ3n) is 8.70. The molecule has 5 atom stereocenters. The van der Waals surface area contributed by atoms with Crippen molar-refractivity contribution in [1.82, 2.24) is 26.2 Å². The molecule has 0 spiro atoms. The molecule has 4 rings (SSSR count). The summed E-state index contributed by atoms with van der Waals surface area (Å²) in [5.41, 5.74) is 7.22. The number of nitrogens with two attached hydrogens (primary N) is 1. The molecule has 13 heteroatoms. The first kappa shape index (κ1) is 34.9. The summed E-state index contributed by atoms with van der Waals surface area (Å²) in [6.45, 7) is 0.294. The van der Waals surface area contributed by atoms with Crippen LogP contribution < -0.4 is 27.0 Å². The fourth-order valence-corrected chi connectivity index (χ4v) is 6.37. The number of aliphatic carboxylic acids is 1. The fraction of sp³-hybridized carbons (Fsp3) is 0.471. The lowest BCUT2D eigenvalue weighted by Crippen LogP contribution is -2.60. The Labute approximate surface area is 274 Å². The molecule has 0 aromatic heterocycles. The maximum absolute atomic E-state index is 13.7. The summed E-state index contributed by atoms with van der Waals surface area (Å²) in [5.74, 6) is -2.85. The molecule has 2 aliphatic rings. The normalized spacial score (nSPS) is 20.0. The number of fused-ring (bicyclic) bond motifs is 1. The van der Waals surface area contributed by atoms with E-state index in [2.05, 4.69) is 21.3 Å². The molecule has 2 fully saturated rings. The van der Waals surface area contributed by atoms with Gasteiger partial charge in [0.05, 0.1) is 12.8 Å². The van der Waals surface area contributed by atoms with Crippen LogP contribution >= 0.6 is 0 Å². The maximum atomic E-state index is 13.7. The van der Waals surface area contributed by atoms with Crippen LogP contribution in [0.25, 0.3) is 0 Å². The Balaban J connectivity index is 1.41. The van der Waals surface area contributed by atoms with Crippen LogP contribution in [-0.4, -0.2) is 82.3 Å². The molecule has 0 saturated carbocycles. The van der Waals surface area contributed by atoms with Crippen LogP contribution in [0.15, 0.2) is 60.7 Å². The van der Waals surface area contributed by atoms with E-state index in [4.69, 9.17) is 11.1 Å². The van der Waals surface area contributed by atoms with E-state index in [0.29, 0.717) is 51.5 Å². The van der Waals surface area contributed by atoms with Crippen molar-refractivity contribution in [2.45, 2.75) is 94.4 Å². The van der Waals surface area contributed by atoms with E-state index in [-0.39, 0.29) is 43.1 Å². The highest BCUT2D eigenvalue weighted by molar-refractivity contribution is 5.95. The minimum Gasteiger partial charge on any atom is -0.481 e. The van der Waals surface area contributed by atoms with Crippen LogP contribution in [0.3, 0.4) is 0 Å². The van der Waals surface area contributed by atoms with Gasteiger partial charge in [0.15, 0.2) is 5.96 Å². The zero-order chi connectivity index (χ0) is 33.8. The van der Waals surface area contributed by atoms with Gasteiger partial charge < -0.3 is 37.0 Å². The third kappa shape index (κ3) is 10.5. The van der Waals surface area contributed by atoms with Gasteiger partial charge in [0, 0.05) is 18.6 Å². The first-order valence-electron chi connectivity index (χ1n) is 16.2. The molecule has 0 aliphatic carbocycles. The summed E-state index contributed by atoms with van der Waals surface area (Å²) in [5, 5.41) is 28.1. The molecule has 3 unspecified atom stereocenters. The Morgan fingerprint density at radius 1 is 0.915 bits per heavy atom. The number of guanidine groups is 1. The van der Waals surface area contributed by atoms with Gasteiger partial charge in [0.2, 0.25) is 23.6 Å². The number of rotatable bonds is 16. The number of nitrogens with one attached hydrogen (secondary N) is 5. The highest BCUT2D eigenvalue weighted by atomic mass is 16.4. The van der Waals surface area contributed by atoms with Crippen molar-refractivity contribution in [3.63, 3.8) is 0 Å².